The Bertz CT molecular complexity index is 615. The molecule has 98 valence electrons. The Morgan fingerprint density at radius 2 is 1.89 bits per heavy atom. The standard InChI is InChI=1S/C16H17NOS/c18-16(8-13-5-6-14(9-16)19-13)12-7-11-3-1-2-4-15(11)17-10-12/h1-4,7,10,13-14,18H,5-6,8-9H2. The van der Waals surface area contributed by atoms with E-state index in [1.54, 1.807) is 0 Å². The molecule has 1 N–H and O–H groups in total. The number of benzene rings is 1. The molecule has 2 unspecified atom stereocenters. The molecule has 2 bridgehead atoms. The van der Waals surface area contributed by atoms with E-state index in [0.29, 0.717) is 10.5 Å². The highest BCUT2D eigenvalue weighted by Crippen LogP contribution is 2.51. The van der Waals surface area contributed by atoms with Crippen LogP contribution in [-0.4, -0.2) is 20.6 Å². The Balaban J connectivity index is 1.76. The van der Waals surface area contributed by atoms with Gasteiger partial charge in [0, 0.05) is 27.6 Å². The number of nitrogens with zero attached hydrogens (tertiary/aromatic N) is 1. The molecule has 0 amide bonds. The fourth-order valence-electron chi connectivity index (χ4n) is 3.48. The largest absolute Gasteiger partial charge is 0.385 e. The molecule has 1 aromatic carbocycles. The normalized spacial score (nSPS) is 33.7. The maximum absolute atomic E-state index is 11.0. The van der Waals surface area contributed by atoms with Crippen LogP contribution in [0.4, 0.5) is 0 Å². The minimum atomic E-state index is -0.659. The fourth-order valence-corrected chi connectivity index (χ4v) is 5.31. The third kappa shape index (κ3) is 1.96. The molecular formula is C16H17NOS. The second kappa shape index (κ2) is 4.22. The monoisotopic (exact) mass is 271 g/mol. The van der Waals surface area contributed by atoms with Crippen LogP contribution in [0.15, 0.2) is 36.5 Å². The Hall–Kier alpha value is -1.06. The maximum atomic E-state index is 11.0. The molecule has 2 aromatic rings. The number of para-hydroxylation sites is 1. The topological polar surface area (TPSA) is 33.1 Å². The Labute approximate surface area is 117 Å². The first kappa shape index (κ1) is 11.7. The van der Waals surface area contributed by atoms with Crippen molar-refractivity contribution in [2.24, 2.45) is 0 Å². The third-order valence-corrected chi connectivity index (χ3v) is 6.03. The van der Waals surface area contributed by atoms with Crippen LogP contribution in [0.1, 0.15) is 31.2 Å². The summed E-state index contributed by atoms with van der Waals surface area (Å²) in [4.78, 5) is 4.51. The molecule has 2 saturated heterocycles. The van der Waals surface area contributed by atoms with Crippen molar-refractivity contribution < 1.29 is 5.11 Å². The highest BCUT2D eigenvalue weighted by Gasteiger charge is 2.44. The lowest BCUT2D eigenvalue weighted by atomic mass is 9.86. The fraction of sp³-hybridized carbons (Fsp3) is 0.438. The molecule has 4 rings (SSSR count). The van der Waals surface area contributed by atoms with Crippen molar-refractivity contribution >= 4 is 22.7 Å². The first-order chi connectivity index (χ1) is 9.23. The quantitative estimate of drug-likeness (QED) is 0.862. The molecule has 1 aromatic heterocycles. The summed E-state index contributed by atoms with van der Waals surface area (Å²) in [5.41, 5.74) is 1.35. The van der Waals surface area contributed by atoms with Gasteiger partial charge in [-0.05, 0) is 37.8 Å². The van der Waals surface area contributed by atoms with E-state index in [0.717, 1.165) is 29.3 Å². The van der Waals surface area contributed by atoms with Crippen LogP contribution in [0, 0.1) is 0 Å². The van der Waals surface area contributed by atoms with Crippen molar-refractivity contribution in [3.8, 4) is 0 Å². The van der Waals surface area contributed by atoms with Crippen LogP contribution in [-0.2, 0) is 5.60 Å². The molecule has 0 saturated carbocycles. The summed E-state index contributed by atoms with van der Waals surface area (Å²) in [6, 6.07) is 10.2. The zero-order chi connectivity index (χ0) is 12.9. The molecule has 19 heavy (non-hydrogen) atoms. The van der Waals surface area contributed by atoms with E-state index >= 15 is 0 Å². The number of hydrogen-bond donors (Lipinski definition) is 1. The summed E-state index contributed by atoms with van der Waals surface area (Å²) in [7, 11) is 0. The summed E-state index contributed by atoms with van der Waals surface area (Å²) < 4.78 is 0. The molecule has 2 nitrogen and oxygen atoms in total. The first-order valence-electron chi connectivity index (χ1n) is 6.96. The van der Waals surface area contributed by atoms with Crippen molar-refractivity contribution in [2.75, 3.05) is 0 Å². The number of hydrogen-bond acceptors (Lipinski definition) is 3. The van der Waals surface area contributed by atoms with E-state index in [1.807, 2.05) is 24.4 Å². The summed E-state index contributed by atoms with van der Waals surface area (Å²) in [6.45, 7) is 0. The Morgan fingerprint density at radius 1 is 1.16 bits per heavy atom. The van der Waals surface area contributed by atoms with Crippen LogP contribution in [0.3, 0.4) is 0 Å². The van der Waals surface area contributed by atoms with E-state index < -0.39 is 5.60 Å². The van der Waals surface area contributed by atoms with Gasteiger partial charge < -0.3 is 5.11 Å². The molecule has 2 aliphatic rings. The predicted molar refractivity (Wildman–Crippen MR) is 79.3 cm³/mol. The van der Waals surface area contributed by atoms with Crippen molar-refractivity contribution in [2.45, 2.75) is 41.8 Å². The maximum Gasteiger partial charge on any atom is 0.0932 e. The van der Waals surface area contributed by atoms with Crippen LogP contribution in [0.2, 0.25) is 0 Å². The molecule has 0 aliphatic carbocycles. The lowest BCUT2D eigenvalue weighted by Crippen LogP contribution is -2.34. The summed E-state index contributed by atoms with van der Waals surface area (Å²) in [6.07, 6.45) is 6.16. The van der Waals surface area contributed by atoms with Crippen molar-refractivity contribution in [1.29, 1.82) is 0 Å². The molecule has 0 spiro atoms. The number of thioether (sulfide) groups is 1. The lowest BCUT2D eigenvalue weighted by molar-refractivity contribution is 0.0195. The zero-order valence-corrected chi connectivity index (χ0v) is 11.6. The highest BCUT2D eigenvalue weighted by molar-refractivity contribution is 8.00. The molecule has 0 radical (unpaired) electrons. The van der Waals surface area contributed by atoms with Crippen LogP contribution in [0.25, 0.3) is 10.9 Å². The summed E-state index contributed by atoms with van der Waals surface area (Å²) in [5, 5.41) is 13.4. The third-order valence-electron chi connectivity index (χ3n) is 4.45. The van der Waals surface area contributed by atoms with Gasteiger partial charge in [-0.2, -0.15) is 11.8 Å². The second-order valence-electron chi connectivity index (χ2n) is 5.81. The molecule has 2 atom stereocenters. The Kier molecular flexibility index (Phi) is 2.61. The van der Waals surface area contributed by atoms with Crippen molar-refractivity contribution in [3.63, 3.8) is 0 Å². The van der Waals surface area contributed by atoms with Gasteiger partial charge >= 0.3 is 0 Å². The van der Waals surface area contributed by atoms with E-state index in [-0.39, 0.29) is 0 Å². The van der Waals surface area contributed by atoms with Gasteiger partial charge in [0.2, 0.25) is 0 Å². The van der Waals surface area contributed by atoms with Crippen LogP contribution in [0.5, 0.6) is 0 Å². The van der Waals surface area contributed by atoms with Gasteiger partial charge in [0.05, 0.1) is 11.1 Å². The molecule has 2 aliphatic heterocycles. The van der Waals surface area contributed by atoms with E-state index in [4.69, 9.17) is 0 Å². The Morgan fingerprint density at radius 3 is 2.68 bits per heavy atom. The average Bonchev–Trinajstić information content (AvgIpc) is 2.78. The minimum absolute atomic E-state index is 0.634. The van der Waals surface area contributed by atoms with Gasteiger partial charge in [-0.15, -0.1) is 0 Å². The van der Waals surface area contributed by atoms with Gasteiger partial charge in [-0.3, -0.25) is 4.98 Å². The van der Waals surface area contributed by atoms with Gasteiger partial charge in [0.1, 0.15) is 0 Å². The number of fused-ring (bicyclic) bond motifs is 3. The second-order valence-corrected chi connectivity index (χ2v) is 7.42. The van der Waals surface area contributed by atoms with Crippen LogP contribution >= 0.6 is 11.8 Å². The van der Waals surface area contributed by atoms with Crippen molar-refractivity contribution in [3.05, 3.63) is 42.1 Å². The smallest absolute Gasteiger partial charge is 0.0932 e. The first-order valence-corrected chi connectivity index (χ1v) is 7.90. The van der Waals surface area contributed by atoms with E-state index in [2.05, 4.69) is 28.9 Å². The van der Waals surface area contributed by atoms with Crippen LogP contribution < -0.4 is 0 Å². The SMILES string of the molecule is OC1(c2cnc3ccccc3c2)CC2CCC(C1)S2. The van der Waals surface area contributed by atoms with E-state index in [1.165, 1.54) is 12.8 Å². The average molecular weight is 271 g/mol. The summed E-state index contributed by atoms with van der Waals surface area (Å²) >= 11 is 2.07. The summed E-state index contributed by atoms with van der Waals surface area (Å²) in [5.74, 6) is 0. The van der Waals surface area contributed by atoms with Gasteiger partial charge in [0.15, 0.2) is 0 Å². The predicted octanol–water partition coefficient (Wildman–Crippen LogP) is 3.48. The number of aliphatic hydroxyl groups is 1. The molecule has 2 fully saturated rings. The zero-order valence-electron chi connectivity index (χ0n) is 10.7. The van der Waals surface area contributed by atoms with Gasteiger partial charge in [-0.1, -0.05) is 18.2 Å². The number of pyridine rings is 1. The number of rotatable bonds is 1. The minimum Gasteiger partial charge on any atom is -0.385 e. The lowest BCUT2D eigenvalue weighted by Gasteiger charge is -2.36. The van der Waals surface area contributed by atoms with E-state index in [9.17, 15) is 5.11 Å². The van der Waals surface area contributed by atoms with Crippen molar-refractivity contribution in [1.82, 2.24) is 4.98 Å². The van der Waals surface area contributed by atoms with Gasteiger partial charge in [-0.25, -0.2) is 0 Å². The number of aromatic nitrogens is 1. The highest BCUT2D eigenvalue weighted by atomic mass is 32.2. The van der Waals surface area contributed by atoms with Gasteiger partial charge in [0.25, 0.3) is 0 Å². The molecule has 3 heterocycles. The molecular weight excluding hydrogens is 254 g/mol. The molecule has 3 heteroatoms.